The Labute approximate surface area is 144 Å². The summed E-state index contributed by atoms with van der Waals surface area (Å²) in [6.45, 7) is 4.06. The normalized spacial score (nSPS) is 15.6. The Hall–Kier alpha value is -3.01. The van der Waals surface area contributed by atoms with Crippen LogP contribution in [0.15, 0.2) is 51.8 Å². The molecule has 0 atom stereocenters. The number of pyridine rings is 1. The highest BCUT2D eigenvalue weighted by atomic mass is 16.5. The number of nitrogens with zero attached hydrogens (tertiary/aromatic N) is 1. The van der Waals surface area contributed by atoms with E-state index >= 15 is 0 Å². The fourth-order valence-corrected chi connectivity index (χ4v) is 3.57. The van der Waals surface area contributed by atoms with Crippen LogP contribution in [0.2, 0.25) is 0 Å². The molecule has 0 N–H and O–H groups in total. The monoisotopic (exact) mass is 331 g/mol. The lowest BCUT2D eigenvalue weighted by molar-refractivity contribution is 0.159. The summed E-state index contributed by atoms with van der Waals surface area (Å²) in [6.07, 6.45) is 6.18. The molecule has 124 valence electrons. The van der Waals surface area contributed by atoms with Crippen molar-refractivity contribution in [2.75, 3.05) is 0 Å². The van der Waals surface area contributed by atoms with Crippen molar-refractivity contribution >= 4 is 28.0 Å². The molecule has 1 aromatic carbocycles. The number of fused-ring (bicyclic) bond motifs is 6. The van der Waals surface area contributed by atoms with E-state index in [0.717, 1.165) is 44.5 Å². The Morgan fingerprint density at radius 1 is 1.08 bits per heavy atom. The molecule has 2 aromatic rings. The van der Waals surface area contributed by atoms with Crippen molar-refractivity contribution < 1.29 is 9.15 Å². The van der Waals surface area contributed by atoms with Crippen LogP contribution in [-0.2, 0) is 7.05 Å². The Bertz CT molecular complexity index is 1220. The molecule has 0 radical (unpaired) electrons. The second-order valence-corrected chi connectivity index (χ2v) is 7.19. The summed E-state index contributed by atoms with van der Waals surface area (Å²) in [5, 5.41) is 2.08. The van der Waals surface area contributed by atoms with Crippen LogP contribution in [-0.4, -0.2) is 10.2 Å². The topological polar surface area (TPSA) is 44.4 Å². The summed E-state index contributed by atoms with van der Waals surface area (Å²) in [6, 6.07) is 9.12. The molecule has 4 nitrogen and oxygen atoms in total. The number of rotatable bonds is 0. The van der Waals surface area contributed by atoms with E-state index in [1.807, 2.05) is 43.8 Å². The van der Waals surface area contributed by atoms with Crippen LogP contribution in [0.3, 0.4) is 0 Å². The van der Waals surface area contributed by atoms with Crippen LogP contribution in [0, 0.1) is 0 Å². The van der Waals surface area contributed by atoms with Gasteiger partial charge >= 0.3 is 0 Å². The summed E-state index contributed by atoms with van der Waals surface area (Å²) in [5.74, 6) is 0.828. The zero-order valence-electron chi connectivity index (χ0n) is 14.3. The number of furan rings is 1. The fraction of sp³-hybridized carbons (Fsp3) is 0.190. The lowest BCUT2D eigenvalue weighted by Gasteiger charge is -2.27. The van der Waals surface area contributed by atoms with Gasteiger partial charge in [0.1, 0.15) is 22.5 Å². The maximum absolute atomic E-state index is 11.7. The third kappa shape index (κ3) is 2.03. The van der Waals surface area contributed by atoms with Crippen LogP contribution < -0.4 is 10.2 Å². The van der Waals surface area contributed by atoms with Crippen LogP contribution >= 0.6 is 0 Å². The molecule has 0 bridgehead atoms. The van der Waals surface area contributed by atoms with Crippen molar-refractivity contribution in [2.45, 2.75) is 19.4 Å². The van der Waals surface area contributed by atoms with Crippen LogP contribution in [0.4, 0.5) is 0 Å². The average Bonchev–Trinajstić information content (AvgIpc) is 2.90. The van der Waals surface area contributed by atoms with Gasteiger partial charge in [-0.25, -0.2) is 0 Å². The second kappa shape index (κ2) is 4.54. The number of hydrogen-bond donors (Lipinski definition) is 0. The maximum atomic E-state index is 11.7. The van der Waals surface area contributed by atoms with Gasteiger partial charge in [0.05, 0.1) is 5.69 Å². The van der Waals surface area contributed by atoms with Gasteiger partial charge in [0.15, 0.2) is 5.43 Å². The third-order valence-corrected chi connectivity index (χ3v) is 4.81. The van der Waals surface area contributed by atoms with Crippen molar-refractivity contribution in [2.24, 2.45) is 7.05 Å². The van der Waals surface area contributed by atoms with Crippen LogP contribution in [0.5, 0.6) is 5.75 Å². The van der Waals surface area contributed by atoms with Gasteiger partial charge in [0.2, 0.25) is 0 Å². The van der Waals surface area contributed by atoms with Crippen molar-refractivity contribution in [1.29, 1.82) is 0 Å². The van der Waals surface area contributed by atoms with Gasteiger partial charge in [0.25, 0.3) is 0 Å². The largest absolute Gasteiger partial charge is 0.483 e. The lowest BCUT2D eigenvalue weighted by Crippen LogP contribution is -2.27. The molecular formula is C21H17NO3. The molecule has 1 aromatic heterocycles. The first-order valence-electron chi connectivity index (χ1n) is 8.29. The van der Waals surface area contributed by atoms with E-state index < -0.39 is 0 Å². The van der Waals surface area contributed by atoms with Crippen molar-refractivity contribution in [3.8, 4) is 17.0 Å². The smallest absolute Gasteiger partial charge is 0.180 e. The van der Waals surface area contributed by atoms with Gasteiger partial charge in [-0.15, -0.1) is 0 Å². The van der Waals surface area contributed by atoms with E-state index in [1.54, 1.807) is 12.1 Å². The highest BCUT2D eigenvalue weighted by Gasteiger charge is 2.24. The van der Waals surface area contributed by atoms with Crippen molar-refractivity contribution in [3.63, 3.8) is 0 Å². The van der Waals surface area contributed by atoms with Crippen molar-refractivity contribution in [1.82, 2.24) is 4.57 Å². The molecule has 0 saturated heterocycles. The van der Waals surface area contributed by atoms with E-state index in [1.165, 1.54) is 0 Å². The van der Waals surface area contributed by atoms with Crippen LogP contribution in [0.25, 0.3) is 39.3 Å². The summed E-state index contributed by atoms with van der Waals surface area (Å²) < 4.78 is 14.2. The molecule has 5 rings (SSSR count). The minimum Gasteiger partial charge on any atom is -0.483 e. The van der Waals surface area contributed by atoms with Gasteiger partial charge in [0, 0.05) is 47.3 Å². The van der Waals surface area contributed by atoms with E-state index in [2.05, 4.69) is 18.2 Å². The molecular weight excluding hydrogens is 314 g/mol. The van der Waals surface area contributed by atoms with E-state index in [0.29, 0.717) is 0 Å². The first kappa shape index (κ1) is 14.3. The van der Waals surface area contributed by atoms with Gasteiger partial charge in [-0.1, -0.05) is 6.08 Å². The number of aryl methyl sites for hydroxylation is 1. The Morgan fingerprint density at radius 2 is 1.92 bits per heavy atom. The molecule has 3 aliphatic rings. The predicted octanol–water partition coefficient (Wildman–Crippen LogP) is 4.57. The Morgan fingerprint density at radius 3 is 2.76 bits per heavy atom. The molecule has 4 heteroatoms. The van der Waals surface area contributed by atoms with Gasteiger partial charge in [-0.3, -0.25) is 4.79 Å². The summed E-state index contributed by atoms with van der Waals surface area (Å²) in [4.78, 5) is 11.7. The predicted molar refractivity (Wildman–Crippen MR) is 99.3 cm³/mol. The lowest BCUT2D eigenvalue weighted by atomic mass is 10.00. The maximum Gasteiger partial charge on any atom is 0.180 e. The molecule has 3 heterocycles. The molecule has 2 aliphatic heterocycles. The Kier molecular flexibility index (Phi) is 2.60. The first-order valence-corrected chi connectivity index (χ1v) is 8.29. The summed E-state index contributed by atoms with van der Waals surface area (Å²) in [7, 11) is 1.95. The molecule has 1 aliphatic carbocycles. The molecule has 0 fully saturated rings. The SMILES string of the molecule is Cn1cc2c(oc3cc4c(cc32)C=CC(C)(C)O4)c2ccc(=O)cc1-2. The van der Waals surface area contributed by atoms with Gasteiger partial charge < -0.3 is 13.7 Å². The number of ether oxygens (including phenoxy) is 1. The summed E-state index contributed by atoms with van der Waals surface area (Å²) in [5.41, 5.74) is 4.11. The molecule has 0 spiro atoms. The zero-order valence-corrected chi connectivity index (χ0v) is 14.3. The third-order valence-electron chi connectivity index (χ3n) is 4.81. The minimum absolute atomic E-state index is 0.00482. The van der Waals surface area contributed by atoms with E-state index in [4.69, 9.17) is 9.15 Å². The number of aromatic nitrogens is 1. The summed E-state index contributed by atoms with van der Waals surface area (Å²) >= 11 is 0. The fourth-order valence-electron chi connectivity index (χ4n) is 3.57. The molecule has 0 amide bonds. The number of benzene rings is 2. The quantitative estimate of drug-likeness (QED) is 0.474. The van der Waals surface area contributed by atoms with Crippen LogP contribution in [0.1, 0.15) is 19.4 Å². The minimum atomic E-state index is -0.323. The van der Waals surface area contributed by atoms with Crippen molar-refractivity contribution in [3.05, 3.63) is 58.4 Å². The number of hydrogen-bond acceptors (Lipinski definition) is 3. The molecule has 0 saturated carbocycles. The van der Waals surface area contributed by atoms with E-state index in [9.17, 15) is 4.79 Å². The zero-order chi connectivity index (χ0) is 17.3. The molecule has 0 unspecified atom stereocenters. The highest BCUT2D eigenvalue weighted by Crippen LogP contribution is 2.41. The highest BCUT2D eigenvalue weighted by molar-refractivity contribution is 6.10. The van der Waals surface area contributed by atoms with Gasteiger partial charge in [-0.2, -0.15) is 0 Å². The molecule has 25 heavy (non-hydrogen) atoms. The second-order valence-electron chi connectivity index (χ2n) is 7.19. The van der Waals surface area contributed by atoms with E-state index in [-0.39, 0.29) is 11.0 Å². The Balaban J connectivity index is 1.88. The standard InChI is InChI=1S/C21H17NO3/c1-21(2)7-6-12-8-15-16-11-22(3)17-9-13(23)4-5-14(17)20(16)24-19(15)10-18(12)25-21/h4-11H,1-3H3. The van der Waals surface area contributed by atoms with Gasteiger partial charge in [-0.05, 0) is 38.1 Å². The first-order chi connectivity index (χ1) is 11.9. The average molecular weight is 331 g/mol.